The van der Waals surface area contributed by atoms with Gasteiger partial charge in [-0.1, -0.05) is 0 Å². The average Bonchev–Trinajstić information content (AvgIpc) is 2.70. The highest BCUT2D eigenvalue weighted by atomic mass is 32.2. The Morgan fingerprint density at radius 2 is 1.71 bits per heavy atom. The van der Waals surface area contributed by atoms with E-state index in [-0.39, 0.29) is 32.0 Å². The maximum Gasteiger partial charge on any atom is 0.417 e. The Morgan fingerprint density at radius 1 is 1.06 bits per heavy atom. The standard InChI is InChI=1S/C18H16F5N3O4S/c19-13-2-3-14(17(20)12(13)9-16(27)28)31(29,30)26-7-5-25(6-8-26)15-4-1-11(10-24-15)18(21,22)23/h1-4,10H,5-9H2,(H,27,28). The summed E-state index contributed by atoms with van der Waals surface area (Å²) in [6.45, 7) is -0.114. The van der Waals surface area contributed by atoms with Crippen molar-refractivity contribution in [3.05, 3.63) is 53.2 Å². The first-order chi connectivity index (χ1) is 14.4. The molecule has 7 nitrogen and oxygen atoms in total. The van der Waals surface area contributed by atoms with E-state index in [0.29, 0.717) is 12.3 Å². The number of anilines is 1. The summed E-state index contributed by atoms with van der Waals surface area (Å²) in [6.07, 6.45) is -4.87. The van der Waals surface area contributed by atoms with Crippen LogP contribution in [0.2, 0.25) is 0 Å². The van der Waals surface area contributed by atoms with Gasteiger partial charge in [0.25, 0.3) is 0 Å². The van der Waals surface area contributed by atoms with Crippen LogP contribution in [0.3, 0.4) is 0 Å². The fourth-order valence-corrected chi connectivity index (χ4v) is 4.64. The molecule has 3 rings (SSSR count). The van der Waals surface area contributed by atoms with Crippen molar-refractivity contribution in [1.29, 1.82) is 0 Å². The zero-order valence-corrected chi connectivity index (χ0v) is 16.6. The molecule has 13 heteroatoms. The van der Waals surface area contributed by atoms with E-state index >= 15 is 0 Å². The summed E-state index contributed by atoms with van der Waals surface area (Å²) in [4.78, 5) is 15.3. The van der Waals surface area contributed by atoms with Crippen LogP contribution in [0, 0.1) is 11.6 Å². The second-order valence-corrected chi connectivity index (χ2v) is 8.61. The molecular formula is C18H16F5N3O4S. The smallest absolute Gasteiger partial charge is 0.417 e. The molecule has 1 N–H and O–H groups in total. The zero-order valence-electron chi connectivity index (χ0n) is 15.7. The van der Waals surface area contributed by atoms with Gasteiger partial charge in [0.15, 0.2) is 0 Å². The molecule has 2 heterocycles. The van der Waals surface area contributed by atoms with Crippen molar-refractivity contribution in [3.63, 3.8) is 0 Å². The number of aromatic nitrogens is 1. The van der Waals surface area contributed by atoms with Gasteiger partial charge in [0, 0.05) is 37.9 Å². The van der Waals surface area contributed by atoms with Gasteiger partial charge in [-0.15, -0.1) is 0 Å². The normalized spacial score (nSPS) is 15.8. The van der Waals surface area contributed by atoms with Crippen molar-refractivity contribution >= 4 is 21.8 Å². The molecule has 1 saturated heterocycles. The van der Waals surface area contributed by atoms with Crippen molar-refractivity contribution in [3.8, 4) is 0 Å². The van der Waals surface area contributed by atoms with E-state index in [0.717, 1.165) is 16.4 Å². The number of sulfonamides is 1. The number of halogens is 5. The Labute approximate surface area is 173 Å². The number of pyridine rings is 1. The van der Waals surface area contributed by atoms with Crippen LogP contribution in [0.15, 0.2) is 35.4 Å². The van der Waals surface area contributed by atoms with Gasteiger partial charge in [0.1, 0.15) is 22.3 Å². The van der Waals surface area contributed by atoms with Gasteiger partial charge >= 0.3 is 12.1 Å². The summed E-state index contributed by atoms with van der Waals surface area (Å²) >= 11 is 0. The van der Waals surface area contributed by atoms with Gasteiger partial charge < -0.3 is 10.0 Å². The predicted molar refractivity (Wildman–Crippen MR) is 97.9 cm³/mol. The Balaban J connectivity index is 1.77. The van der Waals surface area contributed by atoms with Gasteiger partial charge in [0.05, 0.1) is 12.0 Å². The van der Waals surface area contributed by atoms with Crippen LogP contribution in [-0.2, 0) is 27.4 Å². The second kappa shape index (κ2) is 8.38. The van der Waals surface area contributed by atoms with E-state index in [1.807, 2.05) is 0 Å². The lowest BCUT2D eigenvalue weighted by atomic mass is 10.1. The van der Waals surface area contributed by atoms with Gasteiger partial charge in [0.2, 0.25) is 10.0 Å². The molecule has 168 valence electrons. The minimum Gasteiger partial charge on any atom is -0.481 e. The Morgan fingerprint density at radius 3 is 2.23 bits per heavy atom. The summed E-state index contributed by atoms with van der Waals surface area (Å²) in [5.74, 6) is -3.93. The van der Waals surface area contributed by atoms with Crippen molar-refractivity contribution in [2.45, 2.75) is 17.5 Å². The number of hydrogen-bond donors (Lipinski definition) is 1. The topological polar surface area (TPSA) is 90.8 Å². The zero-order chi connectivity index (χ0) is 23.0. The minimum absolute atomic E-state index is 0.0718. The first kappa shape index (κ1) is 22.9. The van der Waals surface area contributed by atoms with Crippen molar-refractivity contribution in [2.75, 3.05) is 31.1 Å². The summed E-state index contributed by atoms with van der Waals surface area (Å²) in [6, 6.07) is 3.46. The molecular weight excluding hydrogens is 449 g/mol. The molecule has 0 radical (unpaired) electrons. The van der Waals surface area contributed by atoms with Crippen LogP contribution in [-0.4, -0.2) is 55.0 Å². The van der Waals surface area contributed by atoms with Crippen LogP contribution in [0.1, 0.15) is 11.1 Å². The highest BCUT2D eigenvalue weighted by Crippen LogP contribution is 2.30. The number of alkyl halides is 3. The molecule has 0 saturated carbocycles. The molecule has 0 aliphatic carbocycles. The molecule has 2 aromatic rings. The van der Waals surface area contributed by atoms with Gasteiger partial charge in [-0.3, -0.25) is 4.79 Å². The molecule has 1 aliphatic heterocycles. The summed E-state index contributed by atoms with van der Waals surface area (Å²) < 4.78 is 92.9. The van der Waals surface area contributed by atoms with E-state index in [2.05, 4.69) is 4.98 Å². The average molecular weight is 465 g/mol. The fraction of sp³-hybridized carbons (Fsp3) is 0.333. The third-order valence-corrected chi connectivity index (χ3v) is 6.65. The summed E-state index contributed by atoms with van der Waals surface area (Å²) in [7, 11) is -4.40. The quantitative estimate of drug-likeness (QED) is 0.683. The Kier molecular flexibility index (Phi) is 6.18. The molecule has 1 aliphatic rings. The number of rotatable bonds is 5. The molecule has 1 aromatic carbocycles. The van der Waals surface area contributed by atoms with Gasteiger partial charge in [-0.2, -0.15) is 17.5 Å². The van der Waals surface area contributed by atoms with Crippen LogP contribution < -0.4 is 4.90 Å². The number of nitrogens with zero attached hydrogens (tertiary/aromatic N) is 3. The lowest BCUT2D eigenvalue weighted by Gasteiger charge is -2.34. The van der Waals surface area contributed by atoms with E-state index in [1.165, 1.54) is 6.07 Å². The molecule has 1 fully saturated rings. The number of aliphatic carboxylic acids is 1. The first-order valence-electron chi connectivity index (χ1n) is 8.88. The van der Waals surface area contributed by atoms with E-state index in [4.69, 9.17) is 5.11 Å². The van der Waals surface area contributed by atoms with E-state index in [9.17, 15) is 35.2 Å². The monoisotopic (exact) mass is 465 g/mol. The Bertz CT molecular complexity index is 1080. The SMILES string of the molecule is O=C(O)Cc1c(F)ccc(S(=O)(=O)N2CCN(c3ccc(C(F)(F)F)cn3)CC2)c1F. The van der Waals surface area contributed by atoms with Crippen molar-refractivity contribution in [1.82, 2.24) is 9.29 Å². The molecule has 0 amide bonds. The molecule has 1 aromatic heterocycles. The lowest BCUT2D eigenvalue weighted by molar-refractivity contribution is -0.138. The van der Waals surface area contributed by atoms with Crippen LogP contribution in [0.4, 0.5) is 27.8 Å². The second-order valence-electron chi connectivity index (χ2n) is 6.70. The van der Waals surface area contributed by atoms with Crippen molar-refractivity contribution < 1.29 is 40.3 Å². The van der Waals surface area contributed by atoms with Crippen LogP contribution >= 0.6 is 0 Å². The number of benzene rings is 1. The highest BCUT2D eigenvalue weighted by Gasteiger charge is 2.34. The maximum atomic E-state index is 14.6. The number of hydrogen-bond acceptors (Lipinski definition) is 5. The minimum atomic E-state index is -4.53. The number of carboxylic acids is 1. The number of carboxylic acid groups (broad SMARTS) is 1. The summed E-state index contributed by atoms with van der Waals surface area (Å²) in [5, 5.41) is 8.79. The molecule has 0 spiro atoms. The summed E-state index contributed by atoms with van der Waals surface area (Å²) in [5.41, 5.74) is -1.78. The number of piperazine rings is 1. The molecule has 0 bridgehead atoms. The van der Waals surface area contributed by atoms with Crippen LogP contribution in [0.25, 0.3) is 0 Å². The molecule has 0 atom stereocenters. The number of carbonyl (C=O) groups is 1. The maximum absolute atomic E-state index is 14.6. The molecule has 0 unspecified atom stereocenters. The van der Waals surface area contributed by atoms with Gasteiger partial charge in [-0.05, 0) is 24.3 Å². The molecule has 31 heavy (non-hydrogen) atoms. The fourth-order valence-electron chi connectivity index (χ4n) is 3.13. The van der Waals surface area contributed by atoms with Gasteiger partial charge in [-0.25, -0.2) is 22.2 Å². The first-order valence-corrected chi connectivity index (χ1v) is 10.3. The van der Waals surface area contributed by atoms with E-state index in [1.54, 1.807) is 4.90 Å². The third kappa shape index (κ3) is 4.77. The Hall–Kier alpha value is -2.80. The lowest BCUT2D eigenvalue weighted by Crippen LogP contribution is -2.49. The third-order valence-electron chi connectivity index (χ3n) is 4.73. The highest BCUT2D eigenvalue weighted by molar-refractivity contribution is 7.89. The van der Waals surface area contributed by atoms with E-state index < -0.39 is 56.2 Å². The van der Waals surface area contributed by atoms with Crippen LogP contribution in [0.5, 0.6) is 0 Å². The largest absolute Gasteiger partial charge is 0.481 e. The predicted octanol–water partition coefficient (Wildman–Crippen LogP) is 2.52. The van der Waals surface area contributed by atoms with Crippen molar-refractivity contribution in [2.24, 2.45) is 0 Å².